The molecule has 1 aromatic carbocycles. The lowest BCUT2D eigenvalue weighted by molar-refractivity contribution is -0.142. The van der Waals surface area contributed by atoms with Crippen molar-refractivity contribution in [1.82, 2.24) is 15.1 Å². The third-order valence-corrected chi connectivity index (χ3v) is 5.79. The van der Waals surface area contributed by atoms with Crippen LogP contribution in [0.5, 0.6) is 0 Å². The zero-order valence-electron chi connectivity index (χ0n) is 15.7. The molecular weight excluding hydrogens is 453 g/mol. The average molecular weight is 475 g/mol. The molecule has 1 aromatic heterocycles. The normalized spacial score (nSPS) is 14.2. The number of aryl methyl sites for hydroxylation is 3. The van der Waals surface area contributed by atoms with Gasteiger partial charge < -0.3 is 10.6 Å². The van der Waals surface area contributed by atoms with Gasteiger partial charge in [0.1, 0.15) is 0 Å². The lowest BCUT2D eigenvalue weighted by Gasteiger charge is -2.12. The van der Waals surface area contributed by atoms with E-state index in [2.05, 4.69) is 31.7 Å². The van der Waals surface area contributed by atoms with Gasteiger partial charge >= 0.3 is 6.18 Å². The van der Waals surface area contributed by atoms with Crippen molar-refractivity contribution >= 4 is 38.9 Å². The van der Waals surface area contributed by atoms with Crippen LogP contribution in [0.25, 0.3) is 0 Å². The van der Waals surface area contributed by atoms with Crippen LogP contribution in [0.2, 0.25) is 0 Å². The highest BCUT2D eigenvalue weighted by molar-refractivity contribution is 9.10. The molecule has 1 fully saturated rings. The molecule has 2 N–H and O–H groups in total. The molecule has 4 nitrogen and oxygen atoms in total. The highest BCUT2D eigenvalue weighted by Crippen LogP contribution is 2.46. The van der Waals surface area contributed by atoms with E-state index < -0.39 is 11.9 Å². The summed E-state index contributed by atoms with van der Waals surface area (Å²) in [5.41, 5.74) is 3.10. The Morgan fingerprint density at radius 1 is 1.29 bits per heavy atom. The molecule has 152 valence electrons. The number of anilines is 1. The summed E-state index contributed by atoms with van der Waals surface area (Å²) in [6.45, 7) is 5.02. The quantitative estimate of drug-likeness (QED) is 0.426. The summed E-state index contributed by atoms with van der Waals surface area (Å²) in [5.74, 6) is 0.165. The summed E-state index contributed by atoms with van der Waals surface area (Å²) in [7, 11) is 0. The van der Waals surface area contributed by atoms with Gasteiger partial charge in [-0.15, -0.1) is 0 Å². The maximum absolute atomic E-state index is 13.1. The van der Waals surface area contributed by atoms with Gasteiger partial charge in [0, 0.05) is 24.7 Å². The lowest BCUT2D eigenvalue weighted by atomic mass is 10.1. The molecule has 0 unspecified atom stereocenters. The van der Waals surface area contributed by atoms with Crippen molar-refractivity contribution in [3.8, 4) is 0 Å². The van der Waals surface area contributed by atoms with E-state index in [0.29, 0.717) is 30.3 Å². The van der Waals surface area contributed by atoms with Gasteiger partial charge in [-0.1, -0.05) is 6.07 Å². The number of hydrogen-bond acceptors (Lipinski definition) is 2. The third-order valence-electron chi connectivity index (χ3n) is 4.76. The summed E-state index contributed by atoms with van der Waals surface area (Å²) in [6.07, 6.45) is -2.03. The minimum atomic E-state index is -4.45. The summed E-state index contributed by atoms with van der Waals surface area (Å²) in [4.78, 5) is 0. The highest BCUT2D eigenvalue weighted by Gasteiger charge is 2.41. The standard InChI is InChI=1S/C19H22BrF3N4S/c1-11-4-7-14(10-12(11)2)25-18(28)24-8-3-9-27-16(13-5-6-13)15(20)17(26-27)19(21,22)23/h4,7,10,13H,3,5-6,8-9H2,1-2H3,(H2,24,25,28). The Morgan fingerprint density at radius 3 is 2.61 bits per heavy atom. The number of benzene rings is 1. The van der Waals surface area contributed by atoms with Crippen LogP contribution in [0.15, 0.2) is 22.7 Å². The van der Waals surface area contributed by atoms with Gasteiger partial charge in [0.05, 0.1) is 10.2 Å². The number of hydrogen-bond donors (Lipinski definition) is 2. The minimum absolute atomic E-state index is 0.0855. The number of nitrogens with one attached hydrogen (secondary N) is 2. The van der Waals surface area contributed by atoms with Crippen molar-refractivity contribution in [3.05, 3.63) is 45.2 Å². The van der Waals surface area contributed by atoms with E-state index in [1.165, 1.54) is 15.8 Å². The van der Waals surface area contributed by atoms with Gasteiger partial charge in [0.2, 0.25) is 0 Å². The molecule has 3 rings (SSSR count). The monoisotopic (exact) mass is 474 g/mol. The minimum Gasteiger partial charge on any atom is -0.362 e. The molecule has 1 heterocycles. The Morgan fingerprint density at radius 2 is 2.00 bits per heavy atom. The first-order chi connectivity index (χ1) is 13.2. The van der Waals surface area contributed by atoms with Gasteiger partial charge in [0.25, 0.3) is 0 Å². The Kier molecular flexibility index (Phi) is 6.34. The molecule has 0 saturated heterocycles. The van der Waals surface area contributed by atoms with E-state index in [4.69, 9.17) is 12.2 Å². The van der Waals surface area contributed by atoms with Crippen LogP contribution in [-0.4, -0.2) is 21.4 Å². The van der Waals surface area contributed by atoms with Crippen molar-refractivity contribution in [2.45, 2.75) is 51.7 Å². The Balaban J connectivity index is 1.53. The molecule has 0 atom stereocenters. The van der Waals surface area contributed by atoms with Crippen molar-refractivity contribution < 1.29 is 13.2 Å². The number of aromatic nitrogens is 2. The molecule has 1 aliphatic rings. The Bertz CT molecular complexity index is 875. The second kappa shape index (κ2) is 8.41. The number of thiocarbonyl (C=S) groups is 1. The maximum Gasteiger partial charge on any atom is 0.436 e. The van der Waals surface area contributed by atoms with E-state index in [9.17, 15) is 13.2 Å². The van der Waals surface area contributed by atoms with Crippen molar-refractivity contribution in [3.63, 3.8) is 0 Å². The number of halogens is 4. The largest absolute Gasteiger partial charge is 0.436 e. The first-order valence-electron chi connectivity index (χ1n) is 9.12. The van der Waals surface area contributed by atoms with Crippen LogP contribution >= 0.6 is 28.1 Å². The summed E-state index contributed by atoms with van der Waals surface area (Å²) >= 11 is 8.40. The summed E-state index contributed by atoms with van der Waals surface area (Å²) in [5, 5.41) is 10.5. The zero-order valence-corrected chi connectivity index (χ0v) is 18.1. The van der Waals surface area contributed by atoms with E-state index in [1.54, 1.807) is 0 Å². The van der Waals surface area contributed by atoms with Gasteiger partial charge in [-0.05, 0) is 84.5 Å². The van der Waals surface area contributed by atoms with E-state index in [1.807, 2.05) is 32.0 Å². The van der Waals surface area contributed by atoms with Crippen LogP contribution in [-0.2, 0) is 12.7 Å². The molecule has 9 heteroatoms. The molecule has 1 aliphatic carbocycles. The first-order valence-corrected chi connectivity index (χ1v) is 10.3. The topological polar surface area (TPSA) is 41.9 Å². The summed E-state index contributed by atoms with van der Waals surface area (Å²) < 4.78 is 41.0. The van der Waals surface area contributed by atoms with Gasteiger partial charge in [-0.2, -0.15) is 18.3 Å². The second-order valence-corrected chi connectivity index (χ2v) is 8.28. The van der Waals surface area contributed by atoms with Gasteiger partial charge in [-0.25, -0.2) is 0 Å². The zero-order chi connectivity index (χ0) is 20.5. The molecule has 1 saturated carbocycles. The van der Waals surface area contributed by atoms with E-state index in [0.717, 1.165) is 18.5 Å². The number of alkyl halides is 3. The molecule has 2 aromatic rings. The Hall–Kier alpha value is -1.61. The molecule has 0 radical (unpaired) electrons. The van der Waals surface area contributed by atoms with Crippen LogP contribution in [0.4, 0.5) is 18.9 Å². The molecular formula is C19H22BrF3N4S. The highest BCUT2D eigenvalue weighted by atomic mass is 79.9. The predicted molar refractivity (Wildman–Crippen MR) is 112 cm³/mol. The van der Waals surface area contributed by atoms with Crippen molar-refractivity contribution in [2.75, 3.05) is 11.9 Å². The predicted octanol–water partition coefficient (Wildman–Crippen LogP) is 5.54. The first kappa shape index (κ1) is 21.1. The third kappa shape index (κ3) is 5.05. The Labute approximate surface area is 176 Å². The van der Waals surface area contributed by atoms with Crippen LogP contribution in [0, 0.1) is 13.8 Å². The average Bonchev–Trinajstić information content (AvgIpc) is 3.37. The second-order valence-electron chi connectivity index (χ2n) is 7.08. The van der Waals surface area contributed by atoms with Crippen molar-refractivity contribution in [1.29, 1.82) is 0 Å². The van der Waals surface area contributed by atoms with E-state index in [-0.39, 0.29) is 10.4 Å². The SMILES string of the molecule is Cc1ccc(NC(=S)NCCCn2nc(C(F)(F)F)c(Br)c2C2CC2)cc1C. The fraction of sp³-hybridized carbons (Fsp3) is 0.474. The van der Waals surface area contributed by atoms with Crippen LogP contribution < -0.4 is 10.6 Å². The molecule has 0 aliphatic heterocycles. The lowest BCUT2D eigenvalue weighted by Crippen LogP contribution is -2.30. The maximum atomic E-state index is 13.1. The van der Waals surface area contributed by atoms with Crippen LogP contribution in [0.1, 0.15) is 47.7 Å². The van der Waals surface area contributed by atoms with Crippen molar-refractivity contribution in [2.24, 2.45) is 0 Å². The molecule has 0 bridgehead atoms. The smallest absolute Gasteiger partial charge is 0.362 e. The fourth-order valence-corrected chi connectivity index (χ4v) is 4.03. The summed E-state index contributed by atoms with van der Waals surface area (Å²) in [6, 6.07) is 6.00. The van der Waals surface area contributed by atoms with Gasteiger partial charge in [-0.3, -0.25) is 4.68 Å². The molecule has 0 amide bonds. The molecule has 0 spiro atoms. The van der Waals surface area contributed by atoms with Crippen LogP contribution in [0.3, 0.4) is 0 Å². The number of rotatable bonds is 6. The van der Waals surface area contributed by atoms with E-state index >= 15 is 0 Å². The van der Waals surface area contributed by atoms with Gasteiger partial charge in [0.15, 0.2) is 10.8 Å². The number of nitrogens with zero attached hydrogens (tertiary/aromatic N) is 2. The molecule has 28 heavy (non-hydrogen) atoms. The fourth-order valence-electron chi connectivity index (χ4n) is 2.98.